The molecule has 3 aromatic rings. The van der Waals surface area contributed by atoms with Crippen molar-refractivity contribution in [3.63, 3.8) is 0 Å². The zero-order chi connectivity index (χ0) is 26.6. The Bertz CT molecular complexity index is 1260. The lowest BCUT2D eigenvalue weighted by atomic mass is 9.95. The Morgan fingerprint density at radius 2 is 1.70 bits per heavy atom. The fourth-order valence-electron chi connectivity index (χ4n) is 4.76. The predicted molar refractivity (Wildman–Crippen MR) is 139 cm³/mol. The first-order valence-electron chi connectivity index (χ1n) is 12.2. The van der Waals surface area contributed by atoms with Gasteiger partial charge < -0.3 is 21.3 Å². The third-order valence-electron chi connectivity index (χ3n) is 6.55. The standard InChI is InChI=1S/C28H33N5O4/c1-19-12-22(13-20(2)31-19)17-37-24-8-9-25(26(29)34)23(14-24)15-28(36,27(30)35)33-11-10-32(18-33)16-21-6-4-3-5-7-21/h3-9,12-14,36H,10-11,15-18H2,1-2H3,(H2,29,34)(H2,30,35)/t28-/m0/s1. The van der Waals surface area contributed by atoms with E-state index in [1.807, 2.05) is 56.3 Å². The molecule has 9 heteroatoms. The number of rotatable bonds is 10. The third kappa shape index (κ3) is 6.32. The number of aryl methyl sites for hydroxylation is 2. The number of benzene rings is 2. The summed E-state index contributed by atoms with van der Waals surface area (Å²) < 4.78 is 5.96. The second-order valence-electron chi connectivity index (χ2n) is 9.53. The molecule has 0 aliphatic carbocycles. The van der Waals surface area contributed by atoms with E-state index in [4.69, 9.17) is 16.2 Å². The van der Waals surface area contributed by atoms with Gasteiger partial charge in [0.1, 0.15) is 12.4 Å². The van der Waals surface area contributed by atoms with Gasteiger partial charge in [0.05, 0.1) is 6.67 Å². The van der Waals surface area contributed by atoms with Crippen molar-refractivity contribution in [1.29, 1.82) is 0 Å². The van der Waals surface area contributed by atoms with Crippen molar-refractivity contribution in [3.8, 4) is 5.75 Å². The Hall–Kier alpha value is -3.79. The molecule has 0 spiro atoms. The van der Waals surface area contributed by atoms with Crippen molar-refractivity contribution in [1.82, 2.24) is 14.8 Å². The van der Waals surface area contributed by atoms with E-state index in [2.05, 4.69) is 9.88 Å². The number of amides is 2. The van der Waals surface area contributed by atoms with E-state index in [-0.39, 0.29) is 12.0 Å². The molecule has 194 valence electrons. The summed E-state index contributed by atoms with van der Waals surface area (Å²) in [6, 6.07) is 18.7. The summed E-state index contributed by atoms with van der Waals surface area (Å²) in [5, 5.41) is 11.5. The monoisotopic (exact) mass is 503 g/mol. The van der Waals surface area contributed by atoms with Crippen LogP contribution in [0, 0.1) is 13.8 Å². The Morgan fingerprint density at radius 1 is 1.00 bits per heavy atom. The van der Waals surface area contributed by atoms with Crippen LogP contribution in [0.1, 0.15) is 38.4 Å². The van der Waals surface area contributed by atoms with Gasteiger partial charge >= 0.3 is 0 Å². The van der Waals surface area contributed by atoms with Crippen LogP contribution in [0.4, 0.5) is 0 Å². The Morgan fingerprint density at radius 3 is 2.35 bits per heavy atom. The van der Waals surface area contributed by atoms with E-state index in [0.29, 0.717) is 44.2 Å². The number of nitrogens with zero attached hydrogens (tertiary/aromatic N) is 3. The number of hydrogen-bond acceptors (Lipinski definition) is 7. The first kappa shape index (κ1) is 26.3. The number of carbonyl (C=O) groups excluding carboxylic acids is 2. The van der Waals surface area contributed by atoms with E-state index >= 15 is 0 Å². The minimum atomic E-state index is -2.01. The average Bonchev–Trinajstić information content (AvgIpc) is 3.31. The van der Waals surface area contributed by atoms with Crippen LogP contribution >= 0.6 is 0 Å². The summed E-state index contributed by atoms with van der Waals surface area (Å²) in [6.07, 6.45) is -0.204. The highest BCUT2D eigenvalue weighted by molar-refractivity contribution is 5.95. The fraction of sp³-hybridized carbons (Fsp3) is 0.321. The Kier molecular flexibility index (Phi) is 7.87. The molecule has 2 heterocycles. The van der Waals surface area contributed by atoms with Crippen LogP contribution in [-0.2, 0) is 24.4 Å². The molecule has 1 saturated heterocycles. The van der Waals surface area contributed by atoms with Crippen LogP contribution in [0.2, 0.25) is 0 Å². The summed E-state index contributed by atoms with van der Waals surface area (Å²) in [4.78, 5) is 32.9. The number of nitrogens with two attached hydrogens (primary N) is 2. The third-order valence-corrected chi connectivity index (χ3v) is 6.55. The molecule has 0 unspecified atom stereocenters. The highest BCUT2D eigenvalue weighted by Gasteiger charge is 2.44. The average molecular weight is 504 g/mol. The summed E-state index contributed by atoms with van der Waals surface area (Å²) >= 11 is 0. The molecule has 1 atom stereocenters. The van der Waals surface area contributed by atoms with E-state index in [0.717, 1.165) is 22.5 Å². The minimum absolute atomic E-state index is 0.197. The lowest BCUT2D eigenvalue weighted by Gasteiger charge is -2.34. The molecule has 0 bridgehead atoms. The van der Waals surface area contributed by atoms with Crippen LogP contribution in [0.25, 0.3) is 0 Å². The van der Waals surface area contributed by atoms with Crippen LogP contribution in [0.3, 0.4) is 0 Å². The van der Waals surface area contributed by atoms with Gasteiger partial charge in [-0.15, -0.1) is 0 Å². The molecule has 37 heavy (non-hydrogen) atoms. The summed E-state index contributed by atoms with van der Waals surface area (Å²) in [5.41, 5.74) is 13.8. The number of aromatic nitrogens is 1. The topological polar surface area (TPSA) is 135 Å². The highest BCUT2D eigenvalue weighted by atomic mass is 16.5. The molecule has 1 aliphatic heterocycles. The van der Waals surface area contributed by atoms with E-state index in [9.17, 15) is 14.7 Å². The fourth-order valence-corrected chi connectivity index (χ4v) is 4.76. The number of carbonyl (C=O) groups is 2. The van der Waals surface area contributed by atoms with Gasteiger partial charge in [-0.05, 0) is 60.9 Å². The second kappa shape index (κ2) is 11.1. The van der Waals surface area contributed by atoms with E-state index < -0.39 is 17.5 Å². The zero-order valence-electron chi connectivity index (χ0n) is 21.2. The Balaban J connectivity index is 1.53. The van der Waals surface area contributed by atoms with Crippen molar-refractivity contribution in [2.45, 2.75) is 39.1 Å². The number of pyridine rings is 1. The van der Waals surface area contributed by atoms with Gasteiger partial charge in [0.15, 0.2) is 0 Å². The Labute approximate surface area is 216 Å². The van der Waals surface area contributed by atoms with E-state index in [1.54, 1.807) is 23.1 Å². The normalized spacial score (nSPS) is 15.9. The maximum atomic E-state index is 12.6. The van der Waals surface area contributed by atoms with Crippen LogP contribution < -0.4 is 16.2 Å². The molecule has 2 aromatic carbocycles. The molecule has 4 rings (SSSR count). The molecule has 0 radical (unpaired) electrons. The SMILES string of the molecule is Cc1cc(COc2ccc(C(N)=O)c(C[C@](O)(C(N)=O)N3CCN(Cc4ccccc4)C3)c2)cc(C)n1. The van der Waals surface area contributed by atoms with Gasteiger partial charge in [0.2, 0.25) is 11.6 Å². The maximum absolute atomic E-state index is 12.6. The number of aliphatic hydroxyl groups is 1. The van der Waals surface area contributed by atoms with Crippen molar-refractivity contribution >= 4 is 11.8 Å². The molecule has 2 amide bonds. The molecular weight excluding hydrogens is 470 g/mol. The lowest BCUT2D eigenvalue weighted by molar-refractivity contribution is -0.159. The highest BCUT2D eigenvalue weighted by Crippen LogP contribution is 2.27. The smallest absolute Gasteiger partial charge is 0.265 e. The lowest BCUT2D eigenvalue weighted by Crippen LogP contribution is -2.59. The predicted octanol–water partition coefficient (Wildman–Crippen LogP) is 1.87. The van der Waals surface area contributed by atoms with Gasteiger partial charge in [0.25, 0.3) is 5.91 Å². The number of hydrogen-bond donors (Lipinski definition) is 3. The van der Waals surface area contributed by atoms with Crippen LogP contribution in [0.15, 0.2) is 60.7 Å². The second-order valence-corrected chi connectivity index (χ2v) is 9.53. The van der Waals surface area contributed by atoms with Gasteiger partial charge in [-0.1, -0.05) is 30.3 Å². The maximum Gasteiger partial charge on any atom is 0.265 e. The van der Waals surface area contributed by atoms with Gasteiger partial charge in [-0.3, -0.25) is 24.4 Å². The van der Waals surface area contributed by atoms with E-state index in [1.165, 1.54) is 0 Å². The van der Waals surface area contributed by atoms with Gasteiger partial charge in [-0.2, -0.15) is 0 Å². The van der Waals surface area contributed by atoms with Crippen molar-refractivity contribution in [2.75, 3.05) is 19.8 Å². The molecule has 1 aliphatic rings. The van der Waals surface area contributed by atoms with Crippen LogP contribution in [-0.4, -0.2) is 57.2 Å². The van der Waals surface area contributed by atoms with Crippen LogP contribution in [0.5, 0.6) is 5.75 Å². The quantitative estimate of drug-likeness (QED) is 0.384. The molecule has 5 N–H and O–H groups in total. The zero-order valence-corrected chi connectivity index (χ0v) is 21.2. The molecule has 0 saturated carbocycles. The largest absolute Gasteiger partial charge is 0.489 e. The number of ether oxygens (including phenoxy) is 1. The summed E-state index contributed by atoms with van der Waals surface area (Å²) in [7, 11) is 0. The molecule has 9 nitrogen and oxygen atoms in total. The van der Waals surface area contributed by atoms with Crippen molar-refractivity contribution in [2.24, 2.45) is 11.5 Å². The first-order valence-corrected chi connectivity index (χ1v) is 12.2. The first-order chi connectivity index (χ1) is 17.6. The summed E-state index contributed by atoms with van der Waals surface area (Å²) in [6.45, 7) is 6.24. The number of primary amides is 2. The molecular formula is C28H33N5O4. The molecule has 1 aromatic heterocycles. The molecule has 1 fully saturated rings. The summed E-state index contributed by atoms with van der Waals surface area (Å²) in [5.74, 6) is -1.08. The van der Waals surface area contributed by atoms with Gasteiger partial charge in [-0.25, -0.2) is 0 Å². The van der Waals surface area contributed by atoms with Crippen molar-refractivity contribution in [3.05, 3.63) is 94.3 Å². The van der Waals surface area contributed by atoms with Gasteiger partial charge in [0, 0.05) is 43.0 Å². The van der Waals surface area contributed by atoms with Crippen molar-refractivity contribution < 1.29 is 19.4 Å². The minimum Gasteiger partial charge on any atom is -0.489 e.